The molecule has 7 heteroatoms. The van der Waals surface area contributed by atoms with Crippen LogP contribution in [-0.4, -0.2) is 15.4 Å². The molecule has 0 saturated heterocycles. The Bertz CT molecular complexity index is 1240. The van der Waals surface area contributed by atoms with Gasteiger partial charge in [0.05, 0.1) is 15.6 Å². The SMILES string of the molecule is CC(=O)Oc1ccc(Cl)cc1/C=c1\sc2nc3ccccc3n2c1=O. The summed E-state index contributed by atoms with van der Waals surface area (Å²) in [5.41, 5.74) is 1.95. The third-order valence-corrected chi connectivity index (χ3v) is 4.86. The zero-order chi connectivity index (χ0) is 17.6. The summed E-state index contributed by atoms with van der Waals surface area (Å²) < 4.78 is 7.26. The van der Waals surface area contributed by atoms with Crippen LogP contribution in [0.1, 0.15) is 12.5 Å². The molecule has 0 aliphatic rings. The lowest BCUT2D eigenvalue weighted by molar-refractivity contribution is -0.131. The van der Waals surface area contributed by atoms with Crippen molar-refractivity contribution in [3.05, 3.63) is 67.9 Å². The zero-order valence-electron chi connectivity index (χ0n) is 13.0. The number of imidazole rings is 1. The van der Waals surface area contributed by atoms with E-state index < -0.39 is 5.97 Å². The second-order valence-corrected chi connectivity index (χ2v) is 6.86. The Morgan fingerprint density at radius 2 is 2.08 bits per heavy atom. The number of ether oxygens (including phenoxy) is 1. The van der Waals surface area contributed by atoms with Gasteiger partial charge in [0, 0.05) is 17.5 Å². The molecular formula is C18H11ClN2O3S. The molecule has 0 fully saturated rings. The zero-order valence-corrected chi connectivity index (χ0v) is 14.6. The second-order valence-electron chi connectivity index (χ2n) is 5.41. The number of hydrogen-bond donors (Lipinski definition) is 0. The standard InChI is InChI=1S/C18H11ClN2O3S/c1-10(22)24-15-7-6-12(19)8-11(15)9-16-17(23)21-14-5-3-2-4-13(14)20-18(21)25-16/h2-9H,1H3/b16-9-. The molecule has 124 valence electrons. The molecule has 0 saturated carbocycles. The van der Waals surface area contributed by atoms with Crippen molar-refractivity contribution in [3.8, 4) is 5.75 Å². The highest BCUT2D eigenvalue weighted by molar-refractivity contribution is 7.15. The van der Waals surface area contributed by atoms with E-state index in [-0.39, 0.29) is 5.56 Å². The van der Waals surface area contributed by atoms with E-state index in [1.54, 1.807) is 28.7 Å². The van der Waals surface area contributed by atoms with Crippen molar-refractivity contribution >= 4 is 51.0 Å². The quantitative estimate of drug-likeness (QED) is 0.402. The van der Waals surface area contributed by atoms with Crippen molar-refractivity contribution in [2.75, 3.05) is 0 Å². The molecule has 0 bridgehead atoms. The summed E-state index contributed by atoms with van der Waals surface area (Å²) in [6.45, 7) is 1.32. The molecule has 2 aromatic carbocycles. The maximum Gasteiger partial charge on any atom is 0.308 e. The minimum absolute atomic E-state index is 0.164. The van der Waals surface area contributed by atoms with E-state index >= 15 is 0 Å². The smallest absolute Gasteiger partial charge is 0.308 e. The van der Waals surface area contributed by atoms with Crippen LogP contribution in [0, 0.1) is 0 Å². The number of hydrogen-bond acceptors (Lipinski definition) is 5. The molecule has 0 aliphatic heterocycles. The topological polar surface area (TPSA) is 60.7 Å². The van der Waals surface area contributed by atoms with Crippen LogP contribution < -0.4 is 14.8 Å². The van der Waals surface area contributed by atoms with Crippen LogP contribution >= 0.6 is 22.9 Å². The molecule has 2 heterocycles. The Labute approximate surface area is 150 Å². The second kappa shape index (κ2) is 5.98. The number of carbonyl (C=O) groups is 1. The van der Waals surface area contributed by atoms with Gasteiger partial charge in [-0.25, -0.2) is 9.38 Å². The lowest BCUT2D eigenvalue weighted by Gasteiger charge is -2.05. The van der Waals surface area contributed by atoms with Crippen LogP contribution in [0.15, 0.2) is 47.3 Å². The van der Waals surface area contributed by atoms with Crippen molar-refractivity contribution in [1.29, 1.82) is 0 Å². The first-order valence-electron chi connectivity index (χ1n) is 7.42. The molecule has 0 atom stereocenters. The van der Waals surface area contributed by atoms with E-state index in [4.69, 9.17) is 16.3 Å². The van der Waals surface area contributed by atoms with E-state index in [2.05, 4.69) is 4.98 Å². The fourth-order valence-electron chi connectivity index (χ4n) is 2.63. The number of nitrogens with zero attached hydrogens (tertiary/aromatic N) is 2. The van der Waals surface area contributed by atoms with Gasteiger partial charge in [0.1, 0.15) is 5.75 Å². The van der Waals surface area contributed by atoms with E-state index in [0.717, 1.165) is 11.0 Å². The van der Waals surface area contributed by atoms with Crippen LogP contribution in [0.5, 0.6) is 5.75 Å². The number of halogens is 1. The van der Waals surface area contributed by atoms with Crippen molar-refractivity contribution in [1.82, 2.24) is 9.38 Å². The predicted octanol–water partition coefficient (Wildman–Crippen LogP) is 3.04. The molecule has 0 N–H and O–H groups in total. The number of para-hydroxylation sites is 2. The van der Waals surface area contributed by atoms with Crippen LogP contribution in [0.25, 0.3) is 22.1 Å². The number of aromatic nitrogens is 2. The van der Waals surface area contributed by atoms with Gasteiger partial charge in [-0.3, -0.25) is 9.59 Å². The summed E-state index contributed by atoms with van der Waals surface area (Å²) in [5.74, 6) is -0.0847. The molecule has 25 heavy (non-hydrogen) atoms. The Kier molecular flexibility index (Phi) is 3.78. The fourth-order valence-corrected chi connectivity index (χ4v) is 3.79. The summed E-state index contributed by atoms with van der Waals surface area (Å²) in [6.07, 6.45) is 1.67. The van der Waals surface area contributed by atoms with Gasteiger partial charge in [0.2, 0.25) is 0 Å². The molecule has 0 radical (unpaired) electrons. The monoisotopic (exact) mass is 370 g/mol. The number of carbonyl (C=O) groups excluding carboxylic acids is 1. The Balaban J connectivity index is 1.96. The number of esters is 1. The average Bonchev–Trinajstić information content (AvgIpc) is 3.07. The van der Waals surface area contributed by atoms with E-state index in [1.165, 1.54) is 18.3 Å². The summed E-state index contributed by atoms with van der Waals surface area (Å²) in [7, 11) is 0. The summed E-state index contributed by atoms with van der Waals surface area (Å²) in [6, 6.07) is 12.4. The number of fused-ring (bicyclic) bond motifs is 3. The maximum absolute atomic E-state index is 12.8. The molecule has 0 amide bonds. The van der Waals surface area contributed by atoms with Gasteiger partial charge in [0.15, 0.2) is 4.96 Å². The number of thiazole rings is 1. The highest BCUT2D eigenvalue weighted by atomic mass is 35.5. The van der Waals surface area contributed by atoms with Crippen LogP contribution in [-0.2, 0) is 4.79 Å². The third-order valence-electron chi connectivity index (χ3n) is 3.66. The lowest BCUT2D eigenvalue weighted by Crippen LogP contribution is -2.22. The van der Waals surface area contributed by atoms with Crippen molar-refractivity contribution < 1.29 is 9.53 Å². The predicted molar refractivity (Wildman–Crippen MR) is 98.4 cm³/mol. The first-order valence-corrected chi connectivity index (χ1v) is 8.62. The average molecular weight is 371 g/mol. The van der Waals surface area contributed by atoms with Gasteiger partial charge in [-0.05, 0) is 36.4 Å². The van der Waals surface area contributed by atoms with Gasteiger partial charge < -0.3 is 4.74 Å². The summed E-state index contributed by atoms with van der Waals surface area (Å²) >= 11 is 7.32. The summed E-state index contributed by atoms with van der Waals surface area (Å²) in [5, 5.41) is 0.487. The van der Waals surface area contributed by atoms with Gasteiger partial charge in [0.25, 0.3) is 5.56 Å². The lowest BCUT2D eigenvalue weighted by atomic mass is 10.2. The van der Waals surface area contributed by atoms with Gasteiger partial charge in [-0.15, -0.1) is 0 Å². The van der Waals surface area contributed by atoms with Crippen molar-refractivity contribution in [2.45, 2.75) is 6.92 Å². The minimum Gasteiger partial charge on any atom is -0.426 e. The van der Waals surface area contributed by atoms with Gasteiger partial charge >= 0.3 is 5.97 Å². The van der Waals surface area contributed by atoms with Crippen LogP contribution in [0.3, 0.4) is 0 Å². The Hall–Kier alpha value is -2.70. The number of rotatable bonds is 2. The Morgan fingerprint density at radius 1 is 1.28 bits per heavy atom. The highest BCUT2D eigenvalue weighted by Crippen LogP contribution is 2.24. The molecule has 0 spiro atoms. The van der Waals surface area contributed by atoms with E-state index in [1.807, 2.05) is 24.3 Å². The maximum atomic E-state index is 12.8. The fraction of sp³-hybridized carbons (Fsp3) is 0.0556. The molecule has 2 aromatic heterocycles. The molecule has 0 unspecified atom stereocenters. The minimum atomic E-state index is -0.439. The first-order chi connectivity index (χ1) is 12.0. The normalized spacial score (nSPS) is 12.2. The van der Waals surface area contributed by atoms with E-state index in [0.29, 0.717) is 25.8 Å². The van der Waals surface area contributed by atoms with Gasteiger partial charge in [-0.2, -0.15) is 0 Å². The van der Waals surface area contributed by atoms with Crippen molar-refractivity contribution in [3.63, 3.8) is 0 Å². The largest absolute Gasteiger partial charge is 0.426 e. The molecule has 0 aliphatic carbocycles. The molecule has 4 aromatic rings. The first kappa shape index (κ1) is 15.8. The number of benzene rings is 2. The van der Waals surface area contributed by atoms with E-state index in [9.17, 15) is 9.59 Å². The van der Waals surface area contributed by atoms with Crippen molar-refractivity contribution in [2.24, 2.45) is 0 Å². The molecular weight excluding hydrogens is 360 g/mol. The highest BCUT2D eigenvalue weighted by Gasteiger charge is 2.12. The summed E-state index contributed by atoms with van der Waals surface area (Å²) in [4.78, 5) is 29.2. The van der Waals surface area contributed by atoms with Gasteiger partial charge in [-0.1, -0.05) is 35.1 Å². The van der Waals surface area contributed by atoms with Crippen LogP contribution in [0.2, 0.25) is 5.02 Å². The van der Waals surface area contributed by atoms with Crippen LogP contribution in [0.4, 0.5) is 0 Å². The third kappa shape index (κ3) is 2.79. The Morgan fingerprint density at radius 3 is 2.88 bits per heavy atom. The molecule has 5 nitrogen and oxygen atoms in total. The molecule has 4 rings (SSSR count).